The van der Waals surface area contributed by atoms with Gasteiger partial charge in [-0.25, -0.2) is 4.79 Å². The van der Waals surface area contributed by atoms with Crippen molar-refractivity contribution in [1.82, 2.24) is 15.1 Å². The third-order valence-corrected chi connectivity index (χ3v) is 6.39. The number of carbonyl (C=O) groups excluding carboxylic acids is 4. The molecule has 2 heterocycles. The highest BCUT2D eigenvalue weighted by molar-refractivity contribution is 6.02. The highest BCUT2D eigenvalue weighted by Crippen LogP contribution is 2.31. The van der Waals surface area contributed by atoms with Crippen LogP contribution in [-0.4, -0.2) is 65.3 Å². The maximum Gasteiger partial charge on any atom is 0.414 e. The number of hydrogen-bond acceptors (Lipinski definition) is 5. The quantitative estimate of drug-likeness (QED) is 0.616. The largest absolute Gasteiger partial charge is 0.449 e. The van der Waals surface area contributed by atoms with Crippen molar-refractivity contribution in [2.75, 3.05) is 19.7 Å². The first kappa shape index (κ1) is 27.4. The van der Waals surface area contributed by atoms with Crippen LogP contribution in [-0.2, 0) is 19.7 Å². The molecule has 0 bridgehead atoms. The van der Waals surface area contributed by atoms with E-state index in [1.54, 1.807) is 18.2 Å². The van der Waals surface area contributed by atoms with Crippen LogP contribution < -0.4 is 5.32 Å². The second kappa shape index (κ2) is 10.8. The minimum Gasteiger partial charge on any atom is -0.449 e. The predicted molar refractivity (Wildman–Crippen MR) is 137 cm³/mol. The van der Waals surface area contributed by atoms with Gasteiger partial charge in [0.05, 0.1) is 18.8 Å². The fourth-order valence-corrected chi connectivity index (χ4v) is 4.46. The van der Waals surface area contributed by atoms with Gasteiger partial charge in [0.25, 0.3) is 5.91 Å². The van der Waals surface area contributed by atoms with Gasteiger partial charge in [0.1, 0.15) is 12.1 Å². The fourth-order valence-electron chi connectivity index (χ4n) is 4.46. The number of nitrogens with zero attached hydrogens (tertiary/aromatic N) is 2. The number of nitrogens with one attached hydrogen (secondary N) is 1. The first-order valence-electron chi connectivity index (χ1n) is 12.7. The summed E-state index contributed by atoms with van der Waals surface area (Å²) in [6.45, 7) is 14.5. The van der Waals surface area contributed by atoms with Gasteiger partial charge in [0.15, 0.2) is 5.78 Å². The molecule has 3 rings (SSSR count). The monoisotopic (exact) mass is 497 g/mol. The number of amides is 3. The Balaban J connectivity index is 1.73. The predicted octanol–water partition coefficient (Wildman–Crippen LogP) is 3.90. The molecule has 1 saturated heterocycles. The number of benzene rings is 1. The van der Waals surface area contributed by atoms with Crippen molar-refractivity contribution in [1.29, 1.82) is 0 Å². The summed E-state index contributed by atoms with van der Waals surface area (Å²) in [5, 5.41) is 2.89. The maximum absolute atomic E-state index is 13.6. The van der Waals surface area contributed by atoms with Gasteiger partial charge in [-0.1, -0.05) is 60.6 Å². The van der Waals surface area contributed by atoms with Gasteiger partial charge in [-0.2, -0.15) is 0 Å². The van der Waals surface area contributed by atoms with E-state index in [-0.39, 0.29) is 54.5 Å². The molecule has 36 heavy (non-hydrogen) atoms. The molecule has 8 heteroatoms. The van der Waals surface area contributed by atoms with Crippen molar-refractivity contribution in [3.05, 3.63) is 47.2 Å². The molecule has 0 radical (unpaired) electrons. The van der Waals surface area contributed by atoms with Crippen LogP contribution in [0.15, 0.2) is 36.0 Å². The summed E-state index contributed by atoms with van der Waals surface area (Å²) < 4.78 is 5.30. The average Bonchev–Trinajstić information content (AvgIpc) is 3.37. The first-order chi connectivity index (χ1) is 16.8. The number of Topliss-reactive ketones (excluding diaryl/α,β-unsaturated/α-hetero) is 1. The number of rotatable bonds is 7. The lowest BCUT2D eigenvalue weighted by Gasteiger charge is -2.29. The van der Waals surface area contributed by atoms with E-state index in [4.69, 9.17) is 4.74 Å². The minimum absolute atomic E-state index is 0.0332. The molecule has 2 unspecified atom stereocenters. The van der Waals surface area contributed by atoms with Crippen molar-refractivity contribution >= 4 is 23.7 Å². The van der Waals surface area contributed by atoms with Crippen molar-refractivity contribution in [3.8, 4) is 0 Å². The van der Waals surface area contributed by atoms with Crippen molar-refractivity contribution in [3.63, 3.8) is 0 Å². The fraction of sp³-hybridized carbons (Fsp3) is 0.571. The Labute approximate surface area is 214 Å². The number of likely N-dealkylation sites (tertiary alicyclic amines) is 1. The van der Waals surface area contributed by atoms with E-state index in [9.17, 15) is 19.2 Å². The lowest BCUT2D eigenvalue weighted by atomic mass is 9.86. The summed E-state index contributed by atoms with van der Waals surface area (Å²) in [6, 6.07) is 5.76. The minimum atomic E-state index is -0.832. The Hall–Kier alpha value is -3.16. The maximum atomic E-state index is 13.6. The van der Waals surface area contributed by atoms with Gasteiger partial charge in [0.2, 0.25) is 5.91 Å². The van der Waals surface area contributed by atoms with Crippen LogP contribution in [0.5, 0.6) is 0 Å². The molecule has 0 saturated carbocycles. The van der Waals surface area contributed by atoms with E-state index in [0.717, 1.165) is 5.56 Å². The molecule has 2 atom stereocenters. The molecule has 1 aromatic carbocycles. The van der Waals surface area contributed by atoms with Gasteiger partial charge < -0.3 is 15.0 Å². The summed E-state index contributed by atoms with van der Waals surface area (Å²) in [5.74, 6) is -0.590. The second-order valence-corrected chi connectivity index (χ2v) is 11.5. The van der Waals surface area contributed by atoms with Gasteiger partial charge in [-0.15, -0.1) is 0 Å². The van der Waals surface area contributed by atoms with Crippen LogP contribution in [0.2, 0.25) is 0 Å². The zero-order valence-electron chi connectivity index (χ0n) is 22.5. The lowest BCUT2D eigenvalue weighted by molar-refractivity contribution is -0.137. The normalized spacial score (nSPS) is 18.4. The van der Waals surface area contributed by atoms with Crippen molar-refractivity contribution in [2.45, 2.75) is 72.4 Å². The smallest absolute Gasteiger partial charge is 0.414 e. The van der Waals surface area contributed by atoms with Crippen LogP contribution in [0.3, 0.4) is 0 Å². The van der Waals surface area contributed by atoms with Gasteiger partial charge in [-0.05, 0) is 47.4 Å². The molecule has 0 spiro atoms. The Bertz CT molecular complexity index is 1040. The zero-order chi connectivity index (χ0) is 26.8. The molecule has 3 amide bonds. The molecule has 1 N–H and O–H groups in total. The van der Waals surface area contributed by atoms with Crippen molar-refractivity contribution in [2.24, 2.45) is 11.8 Å². The highest BCUT2D eigenvalue weighted by atomic mass is 16.6. The Morgan fingerprint density at radius 3 is 2.25 bits per heavy atom. The summed E-state index contributed by atoms with van der Waals surface area (Å²) in [7, 11) is 0. The van der Waals surface area contributed by atoms with Gasteiger partial charge >= 0.3 is 6.09 Å². The van der Waals surface area contributed by atoms with Crippen LogP contribution in [0.1, 0.15) is 70.8 Å². The summed E-state index contributed by atoms with van der Waals surface area (Å²) in [4.78, 5) is 54.8. The standard InChI is InChI=1S/C28H39N3O5/c1-17(2)14-21(29-25(33)19-8-10-20(11-9-19)28(5,6)7)26(34)30-13-12-22-24(30)23(32)15-31(22)27(35)36-16-18(3)4/h8-12,17-18,21,24H,13-16H2,1-7H3,(H,29,33). The van der Waals surface area contributed by atoms with Crippen LogP contribution in [0.25, 0.3) is 0 Å². The number of ketones is 1. The SMILES string of the molecule is CC(C)COC(=O)N1CC(=O)C2C1=CCN2C(=O)C(CC(C)C)NC(=O)c1ccc(C(C)(C)C)cc1. The molecule has 8 nitrogen and oxygen atoms in total. The summed E-state index contributed by atoms with van der Waals surface area (Å²) in [6.07, 6.45) is 1.58. The second-order valence-electron chi connectivity index (χ2n) is 11.5. The average molecular weight is 498 g/mol. The molecule has 0 aliphatic carbocycles. The Morgan fingerprint density at radius 2 is 1.69 bits per heavy atom. The number of fused-ring (bicyclic) bond motifs is 1. The van der Waals surface area contributed by atoms with Gasteiger partial charge in [-0.3, -0.25) is 19.3 Å². The Kier molecular flexibility index (Phi) is 8.26. The third kappa shape index (κ3) is 6.15. The molecule has 2 aliphatic rings. The van der Waals surface area contributed by atoms with E-state index in [1.165, 1.54) is 9.80 Å². The van der Waals surface area contributed by atoms with E-state index >= 15 is 0 Å². The number of ether oxygens (including phenoxy) is 1. The highest BCUT2D eigenvalue weighted by Gasteiger charge is 2.48. The summed E-state index contributed by atoms with van der Waals surface area (Å²) >= 11 is 0. The van der Waals surface area contributed by atoms with Crippen LogP contribution in [0.4, 0.5) is 4.79 Å². The van der Waals surface area contributed by atoms with Gasteiger partial charge in [0, 0.05) is 12.1 Å². The number of carbonyl (C=O) groups is 4. The Morgan fingerprint density at radius 1 is 1.06 bits per heavy atom. The molecule has 0 aromatic heterocycles. The van der Waals surface area contributed by atoms with E-state index in [0.29, 0.717) is 17.7 Å². The lowest BCUT2D eigenvalue weighted by Crippen LogP contribution is -2.52. The topological polar surface area (TPSA) is 96.0 Å². The van der Waals surface area contributed by atoms with E-state index in [2.05, 4.69) is 26.1 Å². The zero-order valence-corrected chi connectivity index (χ0v) is 22.5. The molecule has 2 aliphatic heterocycles. The molecule has 196 valence electrons. The molecule has 1 fully saturated rings. The molecule has 1 aromatic rings. The van der Waals surface area contributed by atoms with E-state index in [1.807, 2.05) is 39.8 Å². The molecular formula is C28H39N3O5. The third-order valence-electron chi connectivity index (χ3n) is 6.39. The number of hydrogen-bond donors (Lipinski definition) is 1. The van der Waals surface area contributed by atoms with Crippen LogP contribution in [0, 0.1) is 11.8 Å². The molecular weight excluding hydrogens is 458 g/mol. The first-order valence-corrected chi connectivity index (χ1v) is 12.7. The van der Waals surface area contributed by atoms with Crippen LogP contribution >= 0.6 is 0 Å². The van der Waals surface area contributed by atoms with Crippen molar-refractivity contribution < 1.29 is 23.9 Å². The summed E-state index contributed by atoms with van der Waals surface area (Å²) in [5.41, 5.74) is 2.03. The van der Waals surface area contributed by atoms with E-state index < -0.39 is 18.2 Å².